The third-order valence-electron chi connectivity index (χ3n) is 2.84. The van der Waals surface area contributed by atoms with Gasteiger partial charge in [-0.05, 0) is 32.6 Å². The molecule has 1 aliphatic rings. The van der Waals surface area contributed by atoms with Crippen molar-refractivity contribution >= 4 is 5.96 Å². The normalized spacial score (nSPS) is 18.7. The maximum absolute atomic E-state index is 4.58. The van der Waals surface area contributed by atoms with Gasteiger partial charge in [0.2, 0.25) is 0 Å². The second kappa shape index (κ2) is 6.70. The molecule has 1 atom stereocenters. The molecule has 0 heterocycles. The van der Waals surface area contributed by atoms with E-state index in [1.54, 1.807) is 0 Å². The number of rotatable bonds is 6. The van der Waals surface area contributed by atoms with Crippen LogP contribution in [0.15, 0.2) is 4.99 Å². The van der Waals surface area contributed by atoms with Gasteiger partial charge in [-0.25, -0.2) is 0 Å². The van der Waals surface area contributed by atoms with E-state index in [4.69, 9.17) is 0 Å². The minimum Gasteiger partial charge on any atom is -0.357 e. The molecule has 1 saturated carbocycles. The molecule has 1 fully saturated rings. The van der Waals surface area contributed by atoms with Crippen molar-refractivity contribution in [1.82, 2.24) is 10.6 Å². The maximum Gasteiger partial charge on any atom is 0.191 e. The first-order chi connectivity index (χ1) is 7.26. The molecule has 0 saturated heterocycles. The first-order valence-corrected chi connectivity index (χ1v) is 6.31. The van der Waals surface area contributed by atoms with E-state index in [1.807, 2.05) is 0 Å². The average Bonchev–Trinajstić information content (AvgIpc) is 3.02. The summed E-state index contributed by atoms with van der Waals surface area (Å²) in [6.45, 7) is 8.38. The Morgan fingerprint density at radius 1 is 1.40 bits per heavy atom. The summed E-state index contributed by atoms with van der Waals surface area (Å²) in [7, 11) is 0. The lowest BCUT2D eigenvalue weighted by Crippen LogP contribution is -2.42. The summed E-state index contributed by atoms with van der Waals surface area (Å²) >= 11 is 0. The monoisotopic (exact) mass is 211 g/mol. The van der Waals surface area contributed by atoms with Gasteiger partial charge in [0.15, 0.2) is 5.96 Å². The van der Waals surface area contributed by atoms with Crippen LogP contribution in [0.2, 0.25) is 0 Å². The molecule has 3 nitrogen and oxygen atoms in total. The Balaban J connectivity index is 2.25. The lowest BCUT2D eigenvalue weighted by atomic mass is 10.3. The first-order valence-electron chi connectivity index (χ1n) is 6.31. The van der Waals surface area contributed by atoms with Gasteiger partial charge in [-0.1, -0.05) is 19.8 Å². The van der Waals surface area contributed by atoms with Crippen LogP contribution in [-0.4, -0.2) is 25.1 Å². The van der Waals surface area contributed by atoms with Crippen molar-refractivity contribution in [2.24, 2.45) is 10.9 Å². The van der Waals surface area contributed by atoms with E-state index in [0.717, 1.165) is 31.4 Å². The SMILES string of the molecule is CCNC(=NCCC1CC1)NC(C)CC. The second-order valence-corrected chi connectivity index (χ2v) is 4.45. The average molecular weight is 211 g/mol. The van der Waals surface area contributed by atoms with E-state index in [0.29, 0.717) is 6.04 Å². The van der Waals surface area contributed by atoms with Crippen molar-refractivity contribution < 1.29 is 0 Å². The van der Waals surface area contributed by atoms with Crippen molar-refractivity contribution in [3.8, 4) is 0 Å². The molecule has 1 rings (SSSR count). The summed E-state index contributed by atoms with van der Waals surface area (Å²) in [4.78, 5) is 4.58. The van der Waals surface area contributed by atoms with Gasteiger partial charge in [0.25, 0.3) is 0 Å². The van der Waals surface area contributed by atoms with Crippen LogP contribution in [0.1, 0.15) is 46.5 Å². The number of hydrogen-bond donors (Lipinski definition) is 2. The van der Waals surface area contributed by atoms with E-state index in [2.05, 4.69) is 36.4 Å². The van der Waals surface area contributed by atoms with E-state index in [-0.39, 0.29) is 0 Å². The Bertz CT molecular complexity index is 197. The quantitative estimate of drug-likeness (QED) is 0.521. The lowest BCUT2D eigenvalue weighted by Gasteiger charge is -2.16. The Labute approximate surface area is 93.7 Å². The summed E-state index contributed by atoms with van der Waals surface area (Å²) in [5, 5.41) is 6.68. The number of aliphatic imine (C=N–C) groups is 1. The molecule has 0 aliphatic heterocycles. The second-order valence-electron chi connectivity index (χ2n) is 4.45. The number of nitrogens with zero attached hydrogens (tertiary/aromatic N) is 1. The summed E-state index contributed by atoms with van der Waals surface area (Å²) in [6, 6.07) is 0.503. The van der Waals surface area contributed by atoms with Crippen molar-refractivity contribution in [2.75, 3.05) is 13.1 Å². The zero-order chi connectivity index (χ0) is 11.1. The van der Waals surface area contributed by atoms with Crippen LogP contribution < -0.4 is 10.6 Å². The van der Waals surface area contributed by atoms with Gasteiger partial charge >= 0.3 is 0 Å². The Kier molecular flexibility index (Phi) is 5.51. The molecule has 0 aromatic heterocycles. The number of hydrogen-bond acceptors (Lipinski definition) is 1. The molecular weight excluding hydrogens is 186 g/mol. The van der Waals surface area contributed by atoms with Crippen molar-refractivity contribution in [3.05, 3.63) is 0 Å². The maximum atomic E-state index is 4.58. The molecule has 0 aromatic carbocycles. The molecule has 2 N–H and O–H groups in total. The summed E-state index contributed by atoms with van der Waals surface area (Å²) in [5.41, 5.74) is 0. The standard InChI is InChI=1S/C12H25N3/c1-4-10(3)15-12(13-5-2)14-9-8-11-6-7-11/h10-11H,4-9H2,1-3H3,(H2,13,14,15). The molecule has 88 valence electrons. The molecule has 3 heteroatoms. The molecule has 0 radical (unpaired) electrons. The van der Waals surface area contributed by atoms with Gasteiger partial charge < -0.3 is 10.6 Å². The van der Waals surface area contributed by atoms with E-state index in [9.17, 15) is 0 Å². The fourth-order valence-corrected chi connectivity index (χ4v) is 1.42. The topological polar surface area (TPSA) is 36.4 Å². The van der Waals surface area contributed by atoms with Crippen LogP contribution >= 0.6 is 0 Å². The smallest absolute Gasteiger partial charge is 0.191 e. The Morgan fingerprint density at radius 2 is 2.13 bits per heavy atom. The van der Waals surface area contributed by atoms with E-state index in [1.165, 1.54) is 19.3 Å². The summed E-state index contributed by atoms with van der Waals surface area (Å²) in [6.07, 6.45) is 5.24. The van der Waals surface area contributed by atoms with E-state index < -0.39 is 0 Å². The minimum absolute atomic E-state index is 0.503. The van der Waals surface area contributed by atoms with Crippen LogP contribution in [0.5, 0.6) is 0 Å². The van der Waals surface area contributed by atoms with Gasteiger partial charge in [-0.15, -0.1) is 0 Å². The van der Waals surface area contributed by atoms with Gasteiger partial charge in [-0.2, -0.15) is 0 Å². The molecule has 15 heavy (non-hydrogen) atoms. The van der Waals surface area contributed by atoms with Gasteiger partial charge in [0.05, 0.1) is 0 Å². The first kappa shape index (κ1) is 12.3. The highest BCUT2D eigenvalue weighted by atomic mass is 15.2. The predicted octanol–water partition coefficient (Wildman–Crippen LogP) is 2.14. The highest BCUT2D eigenvalue weighted by Crippen LogP contribution is 2.32. The number of guanidine groups is 1. The lowest BCUT2D eigenvalue weighted by molar-refractivity contribution is 0.621. The van der Waals surface area contributed by atoms with Crippen LogP contribution in [-0.2, 0) is 0 Å². The third-order valence-corrected chi connectivity index (χ3v) is 2.84. The summed E-state index contributed by atoms with van der Waals surface area (Å²) in [5.74, 6) is 1.95. The van der Waals surface area contributed by atoms with Gasteiger partial charge in [0, 0.05) is 19.1 Å². The fraction of sp³-hybridized carbons (Fsp3) is 0.917. The van der Waals surface area contributed by atoms with Gasteiger partial charge in [0.1, 0.15) is 0 Å². The largest absolute Gasteiger partial charge is 0.357 e. The number of nitrogens with one attached hydrogen (secondary N) is 2. The predicted molar refractivity (Wildman–Crippen MR) is 66.2 cm³/mol. The highest BCUT2D eigenvalue weighted by Gasteiger charge is 2.20. The zero-order valence-electron chi connectivity index (χ0n) is 10.3. The molecule has 0 aromatic rings. The van der Waals surface area contributed by atoms with Crippen LogP contribution in [0, 0.1) is 5.92 Å². The molecule has 0 spiro atoms. The molecule has 0 bridgehead atoms. The van der Waals surface area contributed by atoms with Crippen LogP contribution in [0.3, 0.4) is 0 Å². The fourth-order valence-electron chi connectivity index (χ4n) is 1.42. The van der Waals surface area contributed by atoms with Crippen molar-refractivity contribution in [1.29, 1.82) is 0 Å². The zero-order valence-corrected chi connectivity index (χ0v) is 10.3. The van der Waals surface area contributed by atoms with E-state index >= 15 is 0 Å². The minimum atomic E-state index is 0.503. The highest BCUT2D eigenvalue weighted by molar-refractivity contribution is 5.79. The Hall–Kier alpha value is -0.730. The molecule has 1 aliphatic carbocycles. The molecule has 1 unspecified atom stereocenters. The van der Waals surface area contributed by atoms with Crippen molar-refractivity contribution in [3.63, 3.8) is 0 Å². The van der Waals surface area contributed by atoms with Crippen LogP contribution in [0.4, 0.5) is 0 Å². The van der Waals surface area contributed by atoms with Gasteiger partial charge in [-0.3, -0.25) is 4.99 Å². The Morgan fingerprint density at radius 3 is 2.67 bits per heavy atom. The third kappa shape index (κ3) is 5.65. The molecular formula is C12H25N3. The van der Waals surface area contributed by atoms with Crippen LogP contribution in [0.25, 0.3) is 0 Å². The molecule has 0 amide bonds. The van der Waals surface area contributed by atoms with Crippen molar-refractivity contribution in [2.45, 2.75) is 52.5 Å². The summed E-state index contributed by atoms with van der Waals surface area (Å²) < 4.78 is 0.